The van der Waals surface area contributed by atoms with Crippen molar-refractivity contribution in [3.05, 3.63) is 30.1 Å². The monoisotopic (exact) mass is 310 g/mol. The molecule has 1 aromatic heterocycles. The fourth-order valence-corrected chi connectivity index (χ4v) is 2.86. The molecule has 0 amide bonds. The van der Waals surface area contributed by atoms with E-state index in [1.807, 2.05) is 12.4 Å². The number of hydrogen-bond acceptors (Lipinski definition) is 6. The maximum absolute atomic E-state index is 5.57. The van der Waals surface area contributed by atoms with Gasteiger partial charge >= 0.3 is 0 Å². The van der Waals surface area contributed by atoms with E-state index in [9.17, 15) is 0 Å². The van der Waals surface area contributed by atoms with E-state index in [4.69, 9.17) is 18.9 Å². The molecule has 2 rings (SSSR count). The Morgan fingerprint density at radius 2 is 1.55 bits per heavy atom. The molecule has 0 aromatic carbocycles. The van der Waals surface area contributed by atoms with E-state index in [0.29, 0.717) is 38.9 Å². The number of ether oxygens (including phenoxy) is 4. The van der Waals surface area contributed by atoms with Crippen molar-refractivity contribution in [3.63, 3.8) is 0 Å². The molecule has 2 heterocycles. The molecular weight excluding hydrogens is 284 g/mol. The van der Waals surface area contributed by atoms with Crippen molar-refractivity contribution in [1.29, 1.82) is 0 Å². The average Bonchev–Trinajstić information content (AvgIpc) is 2.91. The Morgan fingerprint density at radius 1 is 1.00 bits per heavy atom. The number of rotatable bonds is 10. The van der Waals surface area contributed by atoms with Gasteiger partial charge in [-0.25, -0.2) is 0 Å². The molecule has 1 aromatic rings. The first-order valence-corrected chi connectivity index (χ1v) is 7.63. The van der Waals surface area contributed by atoms with Gasteiger partial charge in [0.25, 0.3) is 0 Å². The third-order valence-electron chi connectivity index (χ3n) is 3.91. The molecule has 1 saturated heterocycles. The van der Waals surface area contributed by atoms with Gasteiger partial charge in [-0.3, -0.25) is 9.88 Å². The van der Waals surface area contributed by atoms with Crippen molar-refractivity contribution in [2.24, 2.45) is 0 Å². The molecule has 6 heteroatoms. The van der Waals surface area contributed by atoms with Crippen LogP contribution in [-0.2, 0) is 25.5 Å². The third-order valence-corrected chi connectivity index (χ3v) is 3.91. The third kappa shape index (κ3) is 5.30. The van der Waals surface area contributed by atoms with Gasteiger partial charge in [0.1, 0.15) is 13.6 Å². The van der Waals surface area contributed by atoms with Crippen molar-refractivity contribution >= 4 is 0 Å². The average molecular weight is 310 g/mol. The van der Waals surface area contributed by atoms with Gasteiger partial charge in [0.15, 0.2) is 0 Å². The molecule has 0 spiro atoms. The molecular formula is C16H26N2O4. The molecule has 22 heavy (non-hydrogen) atoms. The minimum Gasteiger partial charge on any atom is -0.359 e. The van der Waals surface area contributed by atoms with E-state index in [-0.39, 0.29) is 0 Å². The molecule has 2 atom stereocenters. The van der Waals surface area contributed by atoms with E-state index < -0.39 is 0 Å². The van der Waals surface area contributed by atoms with Crippen LogP contribution in [0.3, 0.4) is 0 Å². The number of hydrogen-bond donors (Lipinski definition) is 0. The second kappa shape index (κ2) is 9.86. The van der Waals surface area contributed by atoms with E-state index in [2.05, 4.69) is 22.0 Å². The zero-order chi connectivity index (χ0) is 15.6. The van der Waals surface area contributed by atoms with Crippen molar-refractivity contribution < 1.29 is 18.9 Å². The predicted octanol–water partition coefficient (Wildman–Crippen LogP) is 1.66. The van der Waals surface area contributed by atoms with E-state index in [1.54, 1.807) is 14.2 Å². The molecule has 1 fully saturated rings. The lowest BCUT2D eigenvalue weighted by Crippen LogP contribution is -2.40. The zero-order valence-corrected chi connectivity index (χ0v) is 13.4. The standard InChI is InChI=1S/C16H26N2O4/c1-19-12-21-10-15-3-4-16(11-22-13-20-2)18(15)9-14-5-7-17-8-6-14/h5-8,15-16H,3-4,9-13H2,1-2H3/t15-,16-/m1/s1. The Balaban J connectivity index is 1.94. The van der Waals surface area contributed by atoms with Crippen LogP contribution >= 0.6 is 0 Å². The highest BCUT2D eigenvalue weighted by atomic mass is 16.7. The van der Waals surface area contributed by atoms with Crippen LogP contribution in [0.4, 0.5) is 0 Å². The molecule has 0 radical (unpaired) electrons. The molecule has 0 N–H and O–H groups in total. The Bertz CT molecular complexity index is 386. The summed E-state index contributed by atoms with van der Waals surface area (Å²) in [5, 5.41) is 0. The molecule has 0 unspecified atom stereocenters. The van der Waals surface area contributed by atoms with E-state index >= 15 is 0 Å². The molecule has 1 aliphatic heterocycles. The van der Waals surface area contributed by atoms with Gasteiger partial charge in [-0.05, 0) is 30.5 Å². The fraction of sp³-hybridized carbons (Fsp3) is 0.688. The van der Waals surface area contributed by atoms with Crippen LogP contribution < -0.4 is 0 Å². The fourth-order valence-electron chi connectivity index (χ4n) is 2.86. The lowest BCUT2D eigenvalue weighted by molar-refractivity contribution is -0.0660. The normalized spacial score (nSPS) is 22.3. The van der Waals surface area contributed by atoms with Gasteiger partial charge in [-0.15, -0.1) is 0 Å². The Hall–Kier alpha value is -1.05. The van der Waals surface area contributed by atoms with Gasteiger partial charge < -0.3 is 18.9 Å². The minimum absolute atomic E-state index is 0.338. The summed E-state index contributed by atoms with van der Waals surface area (Å²) in [6.07, 6.45) is 5.88. The number of pyridine rings is 1. The molecule has 1 aliphatic rings. The summed E-state index contributed by atoms with van der Waals surface area (Å²) in [6, 6.07) is 4.88. The topological polar surface area (TPSA) is 53.1 Å². The first kappa shape index (κ1) is 17.3. The lowest BCUT2D eigenvalue weighted by Gasteiger charge is -2.30. The molecule has 0 bridgehead atoms. The number of methoxy groups -OCH3 is 2. The first-order chi connectivity index (χ1) is 10.8. The van der Waals surface area contributed by atoms with E-state index in [1.165, 1.54) is 5.56 Å². The van der Waals surface area contributed by atoms with Crippen LogP contribution in [-0.4, -0.2) is 63.0 Å². The van der Waals surface area contributed by atoms with Crippen LogP contribution in [0.25, 0.3) is 0 Å². The second-order valence-corrected chi connectivity index (χ2v) is 5.47. The summed E-state index contributed by atoms with van der Waals surface area (Å²) < 4.78 is 21.1. The van der Waals surface area contributed by atoms with Gasteiger partial charge in [-0.1, -0.05) is 0 Å². The van der Waals surface area contributed by atoms with Crippen LogP contribution in [0.2, 0.25) is 0 Å². The summed E-state index contributed by atoms with van der Waals surface area (Å²) in [5.74, 6) is 0. The highest BCUT2D eigenvalue weighted by Crippen LogP contribution is 2.27. The first-order valence-electron chi connectivity index (χ1n) is 7.63. The van der Waals surface area contributed by atoms with Gasteiger partial charge in [-0.2, -0.15) is 0 Å². The predicted molar refractivity (Wildman–Crippen MR) is 82.2 cm³/mol. The summed E-state index contributed by atoms with van der Waals surface area (Å²) in [4.78, 5) is 6.54. The van der Waals surface area contributed by atoms with Gasteiger partial charge in [0, 0.05) is 45.2 Å². The summed E-state index contributed by atoms with van der Waals surface area (Å²) in [6.45, 7) is 2.92. The SMILES string of the molecule is COCOC[C@H]1CC[C@H](COCOC)N1Cc1ccncc1. The highest BCUT2D eigenvalue weighted by molar-refractivity contribution is 5.10. The smallest absolute Gasteiger partial charge is 0.146 e. The lowest BCUT2D eigenvalue weighted by atomic mass is 10.2. The van der Waals surface area contributed by atoms with Crippen LogP contribution in [0.5, 0.6) is 0 Å². The van der Waals surface area contributed by atoms with Gasteiger partial charge in [0.05, 0.1) is 13.2 Å². The Labute approximate surface area is 132 Å². The van der Waals surface area contributed by atoms with Crippen molar-refractivity contribution in [3.8, 4) is 0 Å². The van der Waals surface area contributed by atoms with Gasteiger partial charge in [0.2, 0.25) is 0 Å². The second-order valence-electron chi connectivity index (χ2n) is 5.47. The molecule has 0 aliphatic carbocycles. The molecule has 6 nitrogen and oxygen atoms in total. The van der Waals surface area contributed by atoms with Crippen LogP contribution in [0.15, 0.2) is 24.5 Å². The van der Waals surface area contributed by atoms with Crippen molar-refractivity contribution in [2.45, 2.75) is 31.5 Å². The maximum Gasteiger partial charge on any atom is 0.146 e. The van der Waals surface area contributed by atoms with Crippen LogP contribution in [0, 0.1) is 0 Å². The molecule has 0 saturated carbocycles. The molecule has 124 valence electrons. The zero-order valence-electron chi connectivity index (χ0n) is 13.4. The largest absolute Gasteiger partial charge is 0.359 e. The van der Waals surface area contributed by atoms with Crippen molar-refractivity contribution in [1.82, 2.24) is 9.88 Å². The summed E-state index contributed by atoms with van der Waals surface area (Å²) >= 11 is 0. The number of nitrogens with zero attached hydrogens (tertiary/aromatic N) is 2. The summed E-state index contributed by atoms with van der Waals surface area (Å²) in [7, 11) is 3.29. The Morgan fingerprint density at radius 3 is 2.05 bits per heavy atom. The highest BCUT2D eigenvalue weighted by Gasteiger charge is 2.33. The van der Waals surface area contributed by atoms with Crippen LogP contribution in [0.1, 0.15) is 18.4 Å². The van der Waals surface area contributed by atoms with E-state index in [0.717, 1.165) is 19.4 Å². The van der Waals surface area contributed by atoms with Crippen molar-refractivity contribution in [2.75, 3.05) is 41.0 Å². The number of aromatic nitrogens is 1. The Kier molecular flexibility index (Phi) is 7.76. The maximum atomic E-state index is 5.57. The quantitative estimate of drug-likeness (QED) is 0.484. The summed E-state index contributed by atoms with van der Waals surface area (Å²) in [5.41, 5.74) is 1.25. The minimum atomic E-state index is 0.338. The number of likely N-dealkylation sites (tertiary alicyclic amines) is 1.